The molecule has 2 aliphatic heterocycles. The summed E-state index contributed by atoms with van der Waals surface area (Å²) in [4.78, 5) is 29.7. The lowest BCUT2D eigenvalue weighted by atomic mass is 10.1. The summed E-state index contributed by atoms with van der Waals surface area (Å²) in [5.41, 5.74) is 3.30. The molecule has 2 aliphatic rings. The molecule has 2 saturated heterocycles. The number of likely N-dealkylation sites (tertiary alicyclic amines) is 1. The number of anilines is 1. The number of amides is 2. The molecule has 1 aromatic heterocycles. The van der Waals surface area contributed by atoms with Crippen LogP contribution in [0.4, 0.5) is 5.69 Å². The Balaban J connectivity index is 1.12. The van der Waals surface area contributed by atoms with Gasteiger partial charge in [0.25, 0.3) is 5.91 Å². The first-order chi connectivity index (χ1) is 17.5. The molecule has 9 heteroatoms. The third-order valence-corrected chi connectivity index (χ3v) is 8.00. The lowest BCUT2D eigenvalue weighted by Crippen LogP contribution is -2.37. The van der Waals surface area contributed by atoms with E-state index in [1.165, 1.54) is 36.2 Å². The Morgan fingerprint density at radius 2 is 1.69 bits per heavy atom. The molecular formula is C27H30ClN5O2S. The van der Waals surface area contributed by atoms with Crippen LogP contribution in [0.3, 0.4) is 0 Å². The largest absolute Gasteiger partial charge is 0.345 e. The molecule has 2 amide bonds. The smallest absolute Gasteiger partial charge is 0.282 e. The Kier molecular flexibility index (Phi) is 7.94. The number of aryl methyl sites for hydroxylation is 2. The summed E-state index contributed by atoms with van der Waals surface area (Å²) in [6.45, 7) is 3.73. The van der Waals surface area contributed by atoms with E-state index in [2.05, 4.69) is 32.5 Å². The first-order valence-electron chi connectivity index (χ1n) is 12.5. The van der Waals surface area contributed by atoms with E-state index in [9.17, 15) is 9.59 Å². The van der Waals surface area contributed by atoms with E-state index in [0.29, 0.717) is 23.0 Å². The minimum absolute atomic E-state index is 0.0185. The molecule has 2 fully saturated rings. The van der Waals surface area contributed by atoms with Gasteiger partial charge in [-0.15, -0.1) is 10.2 Å². The molecule has 5 rings (SSSR count). The van der Waals surface area contributed by atoms with Crippen LogP contribution < -0.4 is 10.2 Å². The van der Waals surface area contributed by atoms with Gasteiger partial charge in [-0.1, -0.05) is 53.6 Å². The third-order valence-electron chi connectivity index (χ3n) is 6.77. The summed E-state index contributed by atoms with van der Waals surface area (Å²) in [6.07, 6.45) is 5.66. The summed E-state index contributed by atoms with van der Waals surface area (Å²) in [5, 5.41) is 13.1. The van der Waals surface area contributed by atoms with Gasteiger partial charge < -0.3 is 10.2 Å². The van der Waals surface area contributed by atoms with Crippen LogP contribution in [0.15, 0.2) is 48.5 Å². The lowest BCUT2D eigenvalue weighted by Gasteiger charge is -2.26. The van der Waals surface area contributed by atoms with Crippen molar-refractivity contribution in [3.63, 3.8) is 0 Å². The summed E-state index contributed by atoms with van der Waals surface area (Å²) >= 11 is 7.24. The van der Waals surface area contributed by atoms with Gasteiger partial charge in [0.05, 0.1) is 6.04 Å². The molecule has 3 heterocycles. The normalized spacial score (nSPS) is 18.5. The van der Waals surface area contributed by atoms with Gasteiger partial charge in [-0.2, -0.15) is 0 Å². The van der Waals surface area contributed by atoms with E-state index in [1.807, 2.05) is 36.4 Å². The molecular weight excluding hydrogens is 494 g/mol. The summed E-state index contributed by atoms with van der Waals surface area (Å²) in [7, 11) is 0. The van der Waals surface area contributed by atoms with Crippen molar-refractivity contribution in [1.29, 1.82) is 0 Å². The van der Waals surface area contributed by atoms with Gasteiger partial charge >= 0.3 is 0 Å². The highest BCUT2D eigenvalue weighted by atomic mass is 35.5. The highest BCUT2D eigenvalue weighted by Crippen LogP contribution is 2.24. The standard InChI is InChI=1S/C27H30ClN5O2S/c28-21-9-4-19(5-10-21)8-13-24-30-31-27(36-24)26(35)29-22-16-25(34)33(18-22)23-11-6-20(7-12-23)17-32-14-2-1-3-15-32/h4-7,9-12,22H,1-3,8,13-18H2,(H,29,35). The molecule has 1 N–H and O–H groups in total. The Labute approximate surface area is 220 Å². The summed E-state index contributed by atoms with van der Waals surface area (Å²) in [6, 6.07) is 15.7. The van der Waals surface area contributed by atoms with Crippen LogP contribution >= 0.6 is 22.9 Å². The average Bonchev–Trinajstić information content (AvgIpc) is 3.51. The molecule has 1 atom stereocenters. The second-order valence-electron chi connectivity index (χ2n) is 9.51. The Morgan fingerprint density at radius 3 is 2.44 bits per heavy atom. The number of aromatic nitrogens is 2. The van der Waals surface area contributed by atoms with E-state index < -0.39 is 0 Å². The van der Waals surface area contributed by atoms with Crippen molar-refractivity contribution in [1.82, 2.24) is 20.4 Å². The van der Waals surface area contributed by atoms with Crippen LogP contribution in [0.25, 0.3) is 0 Å². The summed E-state index contributed by atoms with van der Waals surface area (Å²) < 4.78 is 0. The topological polar surface area (TPSA) is 78.4 Å². The molecule has 0 bridgehead atoms. The molecule has 0 saturated carbocycles. The highest BCUT2D eigenvalue weighted by Gasteiger charge is 2.32. The third kappa shape index (κ3) is 6.30. The quantitative estimate of drug-likeness (QED) is 0.470. The average molecular weight is 524 g/mol. The Morgan fingerprint density at radius 1 is 0.972 bits per heavy atom. The van der Waals surface area contributed by atoms with Crippen LogP contribution in [-0.2, 0) is 24.2 Å². The van der Waals surface area contributed by atoms with Gasteiger partial charge in [-0.3, -0.25) is 14.5 Å². The fourth-order valence-corrected chi connectivity index (χ4v) is 5.67. The number of halogens is 1. The Hall–Kier alpha value is -2.81. The zero-order valence-electron chi connectivity index (χ0n) is 20.2. The van der Waals surface area contributed by atoms with Crippen molar-refractivity contribution in [2.24, 2.45) is 0 Å². The molecule has 0 radical (unpaired) electrons. The second kappa shape index (κ2) is 11.5. The first kappa shape index (κ1) is 24.9. The molecule has 0 spiro atoms. The van der Waals surface area contributed by atoms with Gasteiger partial charge in [0.1, 0.15) is 5.01 Å². The number of carbonyl (C=O) groups excluding carboxylic acids is 2. The van der Waals surface area contributed by atoms with Crippen molar-refractivity contribution < 1.29 is 9.59 Å². The number of nitrogens with one attached hydrogen (secondary N) is 1. The molecule has 0 aliphatic carbocycles. The van der Waals surface area contributed by atoms with E-state index in [-0.39, 0.29) is 24.3 Å². The monoisotopic (exact) mass is 523 g/mol. The molecule has 7 nitrogen and oxygen atoms in total. The minimum atomic E-state index is -0.276. The van der Waals surface area contributed by atoms with E-state index in [1.54, 1.807) is 4.90 Å². The van der Waals surface area contributed by atoms with Crippen molar-refractivity contribution in [3.05, 3.63) is 74.7 Å². The number of rotatable bonds is 8. The van der Waals surface area contributed by atoms with Gasteiger partial charge in [-0.05, 0) is 67.7 Å². The van der Waals surface area contributed by atoms with Crippen LogP contribution in [0, 0.1) is 0 Å². The number of benzene rings is 2. The van der Waals surface area contributed by atoms with Gasteiger partial charge in [0.15, 0.2) is 0 Å². The van der Waals surface area contributed by atoms with Gasteiger partial charge in [0, 0.05) is 36.6 Å². The molecule has 3 aromatic rings. The van der Waals surface area contributed by atoms with Crippen molar-refractivity contribution in [2.45, 2.75) is 51.1 Å². The minimum Gasteiger partial charge on any atom is -0.345 e. The zero-order chi connectivity index (χ0) is 24.9. The van der Waals surface area contributed by atoms with E-state index in [4.69, 9.17) is 11.6 Å². The Bertz CT molecular complexity index is 1190. The van der Waals surface area contributed by atoms with Crippen molar-refractivity contribution in [3.8, 4) is 0 Å². The lowest BCUT2D eigenvalue weighted by molar-refractivity contribution is -0.117. The number of nitrogens with zero attached hydrogens (tertiary/aromatic N) is 4. The maximum absolute atomic E-state index is 12.8. The second-order valence-corrected chi connectivity index (χ2v) is 11.0. The molecule has 2 aromatic carbocycles. The molecule has 36 heavy (non-hydrogen) atoms. The SMILES string of the molecule is O=C(NC1CC(=O)N(c2ccc(CN3CCCCC3)cc2)C1)c1nnc(CCc2ccc(Cl)cc2)s1. The fourth-order valence-electron chi connectivity index (χ4n) is 4.81. The van der Waals surface area contributed by atoms with Gasteiger partial charge in [0.2, 0.25) is 10.9 Å². The van der Waals surface area contributed by atoms with E-state index >= 15 is 0 Å². The predicted octanol–water partition coefficient (Wildman–Crippen LogP) is 4.50. The molecule has 188 valence electrons. The van der Waals surface area contributed by atoms with Crippen LogP contribution in [0.5, 0.6) is 0 Å². The molecule has 1 unspecified atom stereocenters. The maximum atomic E-state index is 12.8. The zero-order valence-corrected chi connectivity index (χ0v) is 21.7. The predicted molar refractivity (Wildman–Crippen MR) is 143 cm³/mol. The van der Waals surface area contributed by atoms with E-state index in [0.717, 1.165) is 42.3 Å². The number of piperidine rings is 1. The highest BCUT2D eigenvalue weighted by molar-refractivity contribution is 7.13. The first-order valence-corrected chi connectivity index (χ1v) is 13.7. The van der Waals surface area contributed by atoms with Gasteiger partial charge in [-0.25, -0.2) is 0 Å². The van der Waals surface area contributed by atoms with Crippen LogP contribution in [0.1, 0.15) is 51.6 Å². The maximum Gasteiger partial charge on any atom is 0.282 e. The van der Waals surface area contributed by atoms with Crippen LogP contribution in [0.2, 0.25) is 5.02 Å². The number of hydrogen-bond donors (Lipinski definition) is 1. The number of hydrogen-bond acceptors (Lipinski definition) is 6. The summed E-state index contributed by atoms with van der Waals surface area (Å²) in [5.74, 6) is -0.258. The van der Waals surface area contributed by atoms with Crippen molar-refractivity contribution in [2.75, 3.05) is 24.5 Å². The number of carbonyl (C=O) groups is 2. The van der Waals surface area contributed by atoms with Crippen LogP contribution in [-0.4, -0.2) is 52.6 Å². The van der Waals surface area contributed by atoms with Crippen molar-refractivity contribution >= 4 is 40.4 Å². The fraction of sp³-hybridized carbons (Fsp3) is 0.407.